The van der Waals surface area contributed by atoms with Gasteiger partial charge in [0.2, 0.25) is 5.91 Å². The van der Waals surface area contributed by atoms with Crippen molar-refractivity contribution in [2.24, 2.45) is 0 Å². The van der Waals surface area contributed by atoms with Crippen molar-refractivity contribution in [3.63, 3.8) is 0 Å². The van der Waals surface area contributed by atoms with Crippen molar-refractivity contribution in [2.75, 3.05) is 50.0 Å². The zero-order valence-corrected chi connectivity index (χ0v) is 11.7. The first-order valence-electron chi connectivity index (χ1n) is 7.23. The van der Waals surface area contributed by atoms with Crippen molar-refractivity contribution in [2.45, 2.75) is 12.8 Å². The number of fused-ring (bicyclic) bond motifs is 1. The molecule has 1 fully saturated rings. The maximum atomic E-state index is 12.4. The van der Waals surface area contributed by atoms with E-state index in [1.54, 1.807) is 0 Å². The van der Waals surface area contributed by atoms with Crippen LogP contribution in [0.3, 0.4) is 0 Å². The number of amides is 1. The Bertz CT molecular complexity index is 498. The lowest BCUT2D eigenvalue weighted by Crippen LogP contribution is -2.46. The van der Waals surface area contributed by atoms with E-state index in [1.165, 1.54) is 5.56 Å². The Morgan fingerprint density at radius 2 is 2.05 bits per heavy atom. The molecule has 2 aliphatic rings. The predicted octanol–water partition coefficient (Wildman–Crippen LogP) is 0.880. The van der Waals surface area contributed by atoms with Crippen molar-refractivity contribution in [1.29, 1.82) is 0 Å². The van der Waals surface area contributed by atoms with E-state index in [0.717, 1.165) is 30.8 Å². The van der Waals surface area contributed by atoms with Crippen LogP contribution in [0.5, 0.6) is 0 Å². The third kappa shape index (κ3) is 2.72. The van der Waals surface area contributed by atoms with E-state index in [0.29, 0.717) is 32.8 Å². The second-order valence-corrected chi connectivity index (χ2v) is 5.41. The van der Waals surface area contributed by atoms with Gasteiger partial charge in [0, 0.05) is 31.0 Å². The number of ether oxygens (including phenoxy) is 1. The molecule has 1 saturated heterocycles. The lowest BCUT2D eigenvalue weighted by Gasteiger charge is -2.34. The minimum Gasteiger partial charge on any atom is -0.399 e. The number of carbonyl (C=O) groups excluding carboxylic acids is 1. The van der Waals surface area contributed by atoms with Crippen molar-refractivity contribution >= 4 is 17.3 Å². The molecule has 0 bridgehead atoms. The minimum absolute atomic E-state index is 0.184. The number of aryl methyl sites for hydroxylation is 1. The van der Waals surface area contributed by atoms with Gasteiger partial charge in [-0.15, -0.1) is 0 Å². The number of nitrogens with zero attached hydrogens (tertiary/aromatic N) is 2. The molecule has 108 valence electrons. The van der Waals surface area contributed by atoms with Crippen LogP contribution in [0.15, 0.2) is 18.2 Å². The maximum Gasteiger partial charge on any atom is 0.242 e. The van der Waals surface area contributed by atoms with E-state index in [1.807, 2.05) is 17.0 Å². The summed E-state index contributed by atoms with van der Waals surface area (Å²) in [5.74, 6) is 0.184. The van der Waals surface area contributed by atoms with Crippen molar-refractivity contribution < 1.29 is 9.53 Å². The third-order valence-electron chi connectivity index (χ3n) is 4.01. The Kier molecular flexibility index (Phi) is 3.78. The van der Waals surface area contributed by atoms with Gasteiger partial charge in [-0.2, -0.15) is 0 Å². The Hall–Kier alpha value is -1.75. The molecular formula is C15H21N3O2. The molecule has 0 aromatic heterocycles. The summed E-state index contributed by atoms with van der Waals surface area (Å²) in [6.45, 7) is 4.07. The first-order chi connectivity index (χ1) is 9.74. The first kappa shape index (κ1) is 13.2. The van der Waals surface area contributed by atoms with Gasteiger partial charge in [-0.1, -0.05) is 6.07 Å². The molecule has 0 spiro atoms. The summed E-state index contributed by atoms with van der Waals surface area (Å²) in [6, 6.07) is 6.00. The molecule has 0 atom stereocenters. The van der Waals surface area contributed by atoms with Crippen molar-refractivity contribution in [1.82, 2.24) is 4.90 Å². The number of benzene rings is 1. The Morgan fingerprint density at radius 1 is 1.25 bits per heavy atom. The SMILES string of the molecule is Nc1ccc2c(c1)N(CC(=O)N1CCOCC1)CCC2. The fourth-order valence-electron chi connectivity index (χ4n) is 2.91. The number of hydrogen-bond acceptors (Lipinski definition) is 4. The van der Waals surface area contributed by atoms with Gasteiger partial charge in [-0.3, -0.25) is 4.79 Å². The number of hydrogen-bond donors (Lipinski definition) is 1. The van der Waals surface area contributed by atoms with Crippen LogP contribution in [0.2, 0.25) is 0 Å². The average Bonchev–Trinajstić information content (AvgIpc) is 2.49. The summed E-state index contributed by atoms with van der Waals surface area (Å²) >= 11 is 0. The average molecular weight is 275 g/mol. The molecule has 0 unspecified atom stereocenters. The van der Waals surface area contributed by atoms with Crippen molar-refractivity contribution in [3.05, 3.63) is 23.8 Å². The number of nitrogen functional groups attached to an aromatic ring is 1. The van der Waals surface area contributed by atoms with Crippen LogP contribution in [-0.4, -0.2) is 50.2 Å². The van der Waals surface area contributed by atoms with Crippen molar-refractivity contribution in [3.8, 4) is 0 Å². The van der Waals surface area contributed by atoms with Gasteiger partial charge in [-0.25, -0.2) is 0 Å². The summed E-state index contributed by atoms with van der Waals surface area (Å²) in [6.07, 6.45) is 2.16. The van der Waals surface area contributed by atoms with Gasteiger partial charge in [0.15, 0.2) is 0 Å². The Labute approximate surface area is 119 Å². The van der Waals surface area contributed by atoms with E-state index in [9.17, 15) is 4.79 Å². The zero-order chi connectivity index (χ0) is 13.9. The molecule has 2 N–H and O–H groups in total. The standard InChI is InChI=1S/C15H21N3O2/c16-13-4-3-12-2-1-5-18(14(12)10-13)11-15(19)17-6-8-20-9-7-17/h3-4,10H,1-2,5-9,11,16H2. The maximum absolute atomic E-state index is 12.4. The van der Waals surface area contributed by atoms with Crippen LogP contribution in [0.4, 0.5) is 11.4 Å². The highest BCUT2D eigenvalue weighted by atomic mass is 16.5. The summed E-state index contributed by atoms with van der Waals surface area (Å²) in [4.78, 5) is 16.4. The highest BCUT2D eigenvalue weighted by Crippen LogP contribution is 2.29. The molecule has 3 rings (SSSR count). The van der Waals surface area contributed by atoms with Crippen LogP contribution in [0, 0.1) is 0 Å². The molecule has 2 aliphatic heterocycles. The van der Waals surface area contributed by atoms with E-state index in [-0.39, 0.29) is 5.91 Å². The summed E-state index contributed by atoms with van der Waals surface area (Å²) in [5, 5.41) is 0. The lowest BCUT2D eigenvalue weighted by molar-refractivity contribution is -0.133. The molecule has 1 amide bonds. The number of anilines is 2. The normalized spacial score (nSPS) is 18.8. The third-order valence-corrected chi connectivity index (χ3v) is 4.01. The molecule has 5 heteroatoms. The molecular weight excluding hydrogens is 254 g/mol. The molecule has 5 nitrogen and oxygen atoms in total. The second kappa shape index (κ2) is 5.71. The quantitative estimate of drug-likeness (QED) is 0.814. The van der Waals surface area contributed by atoms with Crippen LogP contribution in [0.1, 0.15) is 12.0 Å². The fraction of sp³-hybridized carbons (Fsp3) is 0.533. The first-order valence-corrected chi connectivity index (χ1v) is 7.23. The Morgan fingerprint density at radius 3 is 2.85 bits per heavy atom. The van der Waals surface area contributed by atoms with E-state index < -0.39 is 0 Å². The van der Waals surface area contributed by atoms with Gasteiger partial charge >= 0.3 is 0 Å². The zero-order valence-electron chi connectivity index (χ0n) is 11.7. The van der Waals surface area contributed by atoms with Gasteiger partial charge in [-0.05, 0) is 30.5 Å². The topological polar surface area (TPSA) is 58.8 Å². The highest BCUT2D eigenvalue weighted by molar-refractivity contribution is 5.82. The van der Waals surface area contributed by atoms with Gasteiger partial charge in [0.25, 0.3) is 0 Å². The summed E-state index contributed by atoms with van der Waals surface area (Å²) < 4.78 is 5.29. The molecule has 2 heterocycles. The van der Waals surface area contributed by atoms with Gasteiger partial charge in [0.1, 0.15) is 0 Å². The number of rotatable bonds is 2. The van der Waals surface area contributed by atoms with Crippen LogP contribution < -0.4 is 10.6 Å². The monoisotopic (exact) mass is 275 g/mol. The van der Waals surface area contributed by atoms with E-state index >= 15 is 0 Å². The number of morpholine rings is 1. The van der Waals surface area contributed by atoms with Crippen LogP contribution in [-0.2, 0) is 16.0 Å². The molecule has 0 radical (unpaired) electrons. The van der Waals surface area contributed by atoms with Crippen LogP contribution in [0.25, 0.3) is 0 Å². The second-order valence-electron chi connectivity index (χ2n) is 5.41. The predicted molar refractivity (Wildman–Crippen MR) is 78.8 cm³/mol. The Balaban J connectivity index is 1.72. The highest BCUT2D eigenvalue weighted by Gasteiger charge is 2.23. The molecule has 1 aromatic carbocycles. The largest absolute Gasteiger partial charge is 0.399 e. The number of nitrogens with two attached hydrogens (primary N) is 1. The smallest absolute Gasteiger partial charge is 0.242 e. The lowest BCUT2D eigenvalue weighted by atomic mass is 10.0. The van der Waals surface area contributed by atoms with Gasteiger partial charge in [0.05, 0.1) is 19.8 Å². The molecule has 20 heavy (non-hydrogen) atoms. The minimum atomic E-state index is 0.184. The summed E-state index contributed by atoms with van der Waals surface area (Å²) in [7, 11) is 0. The number of carbonyl (C=O) groups is 1. The molecule has 0 saturated carbocycles. The van der Waals surface area contributed by atoms with Gasteiger partial charge < -0.3 is 20.3 Å². The molecule has 0 aliphatic carbocycles. The van der Waals surface area contributed by atoms with E-state index in [4.69, 9.17) is 10.5 Å². The summed E-state index contributed by atoms with van der Waals surface area (Å²) in [5.41, 5.74) is 9.05. The van der Waals surface area contributed by atoms with E-state index in [2.05, 4.69) is 11.0 Å². The molecule has 1 aromatic rings. The fourth-order valence-corrected chi connectivity index (χ4v) is 2.91. The van der Waals surface area contributed by atoms with Crippen LogP contribution >= 0.6 is 0 Å².